The summed E-state index contributed by atoms with van der Waals surface area (Å²) in [6.45, 7) is 2.54. The van der Waals surface area contributed by atoms with Crippen LogP contribution in [0.2, 0.25) is 0 Å². The Morgan fingerprint density at radius 2 is 1.08 bits per heavy atom. The molecule has 3 atom stereocenters. The Labute approximate surface area is 290 Å². The first-order valence-electron chi connectivity index (χ1n) is 18.7. The van der Waals surface area contributed by atoms with E-state index in [2.05, 4.69) is 31.3 Å². The summed E-state index contributed by atoms with van der Waals surface area (Å²) in [6, 6.07) is -1.54. The van der Waals surface area contributed by atoms with E-state index in [0.717, 1.165) is 57.8 Å². The van der Waals surface area contributed by atoms with Gasteiger partial charge in [-0.2, -0.15) is 0 Å². The lowest BCUT2D eigenvalue weighted by Crippen LogP contribution is -2.43. The molecule has 0 saturated carbocycles. The molecule has 0 heterocycles. The minimum Gasteiger partial charge on any atom is -0.480 e. The van der Waals surface area contributed by atoms with Crippen LogP contribution in [-0.2, 0) is 32.7 Å². The van der Waals surface area contributed by atoms with E-state index >= 15 is 0 Å². The number of phosphoric ester groups is 1. The summed E-state index contributed by atoms with van der Waals surface area (Å²) < 4.78 is 26.7. The van der Waals surface area contributed by atoms with E-state index in [1.807, 2.05) is 0 Å². The standard InChI is InChI=1S/C36H68NO10P/c1-3-5-7-9-11-13-15-16-17-18-19-21-23-25-27-34(39)37-33(36(41)42)31-47-48(43,44)46-30-32(38)29-45-35(40)28-26-24-22-20-14-12-10-8-6-4-2/h15-16,32-33,38H,3-14,17-31H2,1-2H3,(H,37,39)(H,41,42)(H,43,44)/b16-15-. The second kappa shape index (κ2) is 32.4. The maximum absolute atomic E-state index is 12.2. The number of unbranched alkanes of at least 4 members (excludes halogenated alkanes) is 19. The molecule has 0 aliphatic carbocycles. The summed E-state index contributed by atoms with van der Waals surface area (Å²) in [6.07, 6.45) is 28.2. The van der Waals surface area contributed by atoms with Crippen molar-refractivity contribution in [3.05, 3.63) is 12.2 Å². The van der Waals surface area contributed by atoms with Crippen LogP contribution in [-0.4, -0.2) is 64.9 Å². The number of carbonyl (C=O) groups excluding carboxylic acids is 2. The Morgan fingerprint density at radius 1 is 0.646 bits per heavy atom. The molecule has 4 N–H and O–H groups in total. The molecular weight excluding hydrogens is 637 g/mol. The number of amides is 1. The third-order valence-electron chi connectivity index (χ3n) is 8.05. The van der Waals surface area contributed by atoms with Gasteiger partial charge in [-0.1, -0.05) is 129 Å². The minimum absolute atomic E-state index is 0.138. The fourth-order valence-electron chi connectivity index (χ4n) is 5.07. The number of aliphatic hydroxyl groups excluding tert-OH is 1. The van der Waals surface area contributed by atoms with Crippen LogP contribution in [0.15, 0.2) is 12.2 Å². The number of carboxylic acids is 1. The van der Waals surface area contributed by atoms with E-state index in [-0.39, 0.29) is 12.8 Å². The summed E-state index contributed by atoms with van der Waals surface area (Å²) in [5, 5.41) is 21.7. The Bertz CT molecular complexity index is 885. The van der Waals surface area contributed by atoms with Gasteiger partial charge in [0.2, 0.25) is 5.91 Å². The van der Waals surface area contributed by atoms with E-state index in [0.29, 0.717) is 12.8 Å². The van der Waals surface area contributed by atoms with Gasteiger partial charge in [0, 0.05) is 12.8 Å². The SMILES string of the molecule is CCCCCCC/C=C\CCCCCCCC(=O)NC(COP(=O)(O)OCC(O)COC(=O)CCCCCCCCCCCC)C(=O)O. The first-order chi connectivity index (χ1) is 23.1. The number of carboxylic acid groups (broad SMARTS) is 1. The van der Waals surface area contributed by atoms with E-state index < -0.39 is 57.6 Å². The maximum Gasteiger partial charge on any atom is 0.472 e. The minimum atomic E-state index is -4.74. The summed E-state index contributed by atoms with van der Waals surface area (Å²) >= 11 is 0. The Hall–Kier alpha value is -1.78. The van der Waals surface area contributed by atoms with Crippen LogP contribution in [0.4, 0.5) is 0 Å². The Balaban J connectivity index is 3.99. The first-order valence-corrected chi connectivity index (χ1v) is 20.2. The van der Waals surface area contributed by atoms with E-state index in [1.165, 1.54) is 70.6 Å². The van der Waals surface area contributed by atoms with Gasteiger partial charge in [0.15, 0.2) is 6.04 Å². The molecule has 0 fully saturated rings. The molecule has 0 aliphatic rings. The molecule has 12 heteroatoms. The average Bonchev–Trinajstić information content (AvgIpc) is 3.05. The van der Waals surface area contributed by atoms with Crippen LogP contribution >= 0.6 is 7.82 Å². The number of allylic oxidation sites excluding steroid dienone is 2. The predicted octanol–water partition coefficient (Wildman–Crippen LogP) is 8.55. The lowest BCUT2D eigenvalue weighted by Gasteiger charge is -2.18. The Kier molecular flexibility index (Phi) is 31.2. The highest BCUT2D eigenvalue weighted by Gasteiger charge is 2.28. The lowest BCUT2D eigenvalue weighted by molar-refractivity contribution is -0.147. The average molecular weight is 706 g/mol. The predicted molar refractivity (Wildman–Crippen MR) is 190 cm³/mol. The molecule has 3 unspecified atom stereocenters. The fourth-order valence-corrected chi connectivity index (χ4v) is 5.85. The topological polar surface area (TPSA) is 169 Å². The van der Waals surface area contributed by atoms with Crippen molar-refractivity contribution in [1.29, 1.82) is 0 Å². The van der Waals surface area contributed by atoms with Gasteiger partial charge in [0.25, 0.3) is 0 Å². The zero-order chi connectivity index (χ0) is 35.7. The van der Waals surface area contributed by atoms with Crippen molar-refractivity contribution >= 4 is 25.7 Å². The van der Waals surface area contributed by atoms with Crippen molar-refractivity contribution < 1.29 is 47.8 Å². The van der Waals surface area contributed by atoms with Crippen LogP contribution in [0.1, 0.15) is 168 Å². The molecule has 48 heavy (non-hydrogen) atoms. The van der Waals surface area contributed by atoms with Crippen molar-refractivity contribution in [2.24, 2.45) is 0 Å². The smallest absolute Gasteiger partial charge is 0.472 e. The highest BCUT2D eigenvalue weighted by atomic mass is 31.2. The van der Waals surface area contributed by atoms with Gasteiger partial charge in [0.1, 0.15) is 12.7 Å². The molecular formula is C36H68NO10P. The summed E-state index contributed by atoms with van der Waals surface area (Å²) in [4.78, 5) is 45.6. The van der Waals surface area contributed by atoms with Crippen LogP contribution in [0, 0.1) is 0 Å². The molecule has 0 saturated heterocycles. The zero-order valence-electron chi connectivity index (χ0n) is 30.0. The van der Waals surface area contributed by atoms with Crippen molar-refractivity contribution in [2.45, 2.75) is 180 Å². The highest BCUT2D eigenvalue weighted by molar-refractivity contribution is 7.47. The van der Waals surface area contributed by atoms with Crippen LogP contribution in [0.5, 0.6) is 0 Å². The fraction of sp³-hybridized carbons (Fsp3) is 0.861. The van der Waals surface area contributed by atoms with Crippen molar-refractivity contribution in [3.8, 4) is 0 Å². The number of aliphatic carboxylic acids is 1. The number of aliphatic hydroxyl groups is 1. The second-order valence-electron chi connectivity index (χ2n) is 12.8. The van der Waals surface area contributed by atoms with Crippen LogP contribution in [0.3, 0.4) is 0 Å². The summed E-state index contributed by atoms with van der Waals surface area (Å²) in [5.74, 6) is -2.38. The quantitative estimate of drug-likeness (QED) is 0.0217. The third-order valence-corrected chi connectivity index (χ3v) is 9.01. The van der Waals surface area contributed by atoms with Gasteiger partial charge in [-0.3, -0.25) is 18.6 Å². The van der Waals surface area contributed by atoms with Gasteiger partial charge in [-0.15, -0.1) is 0 Å². The number of rotatable bonds is 35. The van der Waals surface area contributed by atoms with E-state index in [9.17, 15) is 34.1 Å². The number of phosphoric acid groups is 1. The van der Waals surface area contributed by atoms with Crippen molar-refractivity contribution in [1.82, 2.24) is 5.32 Å². The normalized spacial score (nSPS) is 14.1. The largest absolute Gasteiger partial charge is 0.480 e. The molecule has 11 nitrogen and oxygen atoms in total. The number of hydrogen-bond donors (Lipinski definition) is 4. The maximum atomic E-state index is 12.2. The first kappa shape index (κ1) is 46.2. The van der Waals surface area contributed by atoms with Crippen molar-refractivity contribution in [3.63, 3.8) is 0 Å². The van der Waals surface area contributed by atoms with Crippen LogP contribution in [0.25, 0.3) is 0 Å². The van der Waals surface area contributed by atoms with Gasteiger partial charge < -0.3 is 25.2 Å². The van der Waals surface area contributed by atoms with Gasteiger partial charge in [-0.25, -0.2) is 9.36 Å². The summed E-state index contributed by atoms with van der Waals surface area (Å²) in [5.41, 5.74) is 0. The van der Waals surface area contributed by atoms with Gasteiger partial charge >= 0.3 is 19.8 Å². The summed E-state index contributed by atoms with van der Waals surface area (Å²) in [7, 11) is -4.74. The number of nitrogens with one attached hydrogen (secondary N) is 1. The number of esters is 1. The van der Waals surface area contributed by atoms with Gasteiger partial charge in [-0.05, 0) is 38.5 Å². The third kappa shape index (κ3) is 31.5. The monoisotopic (exact) mass is 705 g/mol. The highest BCUT2D eigenvalue weighted by Crippen LogP contribution is 2.43. The molecule has 0 aromatic heterocycles. The zero-order valence-corrected chi connectivity index (χ0v) is 30.9. The molecule has 282 valence electrons. The van der Waals surface area contributed by atoms with Crippen LogP contribution < -0.4 is 5.32 Å². The Morgan fingerprint density at radius 3 is 1.58 bits per heavy atom. The second-order valence-corrected chi connectivity index (χ2v) is 14.2. The molecule has 0 aromatic rings. The lowest BCUT2D eigenvalue weighted by atomic mass is 10.1. The number of carbonyl (C=O) groups is 3. The molecule has 0 aliphatic heterocycles. The number of hydrogen-bond acceptors (Lipinski definition) is 8. The molecule has 0 rings (SSSR count). The number of ether oxygens (including phenoxy) is 1. The molecule has 0 radical (unpaired) electrons. The van der Waals surface area contributed by atoms with E-state index in [1.54, 1.807) is 0 Å². The van der Waals surface area contributed by atoms with E-state index in [4.69, 9.17) is 13.8 Å². The molecule has 1 amide bonds. The van der Waals surface area contributed by atoms with Gasteiger partial charge in [0.05, 0.1) is 13.2 Å². The molecule has 0 spiro atoms. The molecule has 0 bridgehead atoms. The molecule has 0 aromatic carbocycles. The van der Waals surface area contributed by atoms with Crippen molar-refractivity contribution in [2.75, 3.05) is 19.8 Å².